The van der Waals surface area contributed by atoms with E-state index >= 15 is 0 Å². The van der Waals surface area contributed by atoms with Gasteiger partial charge in [0.2, 0.25) is 0 Å². The van der Waals surface area contributed by atoms with Gasteiger partial charge in [-0.1, -0.05) is 11.6 Å². The van der Waals surface area contributed by atoms with Gasteiger partial charge in [0.05, 0.1) is 6.20 Å². The largest absolute Gasteiger partial charge is 0.364 e. The lowest BCUT2D eigenvalue weighted by atomic mass is 10.1. The van der Waals surface area contributed by atoms with Crippen LogP contribution in [0.1, 0.15) is 23.3 Å². The number of halogens is 1. The molecular formula is C19H24ClN7O2. The molecule has 154 valence electrons. The molecule has 1 aromatic heterocycles. The average molecular weight is 418 g/mol. The van der Waals surface area contributed by atoms with Crippen molar-refractivity contribution in [1.82, 2.24) is 20.2 Å². The molecule has 1 aromatic carbocycles. The summed E-state index contributed by atoms with van der Waals surface area (Å²) in [7, 11) is 3.41. The van der Waals surface area contributed by atoms with Gasteiger partial charge in [-0.15, -0.1) is 0 Å². The molecule has 3 rings (SSSR count). The lowest BCUT2D eigenvalue weighted by Gasteiger charge is -2.34. The number of carbonyl (C=O) groups excluding carboxylic acids is 2. The monoisotopic (exact) mass is 417 g/mol. The van der Waals surface area contributed by atoms with Crippen LogP contribution in [0.3, 0.4) is 0 Å². The van der Waals surface area contributed by atoms with Gasteiger partial charge in [-0.2, -0.15) is 0 Å². The summed E-state index contributed by atoms with van der Waals surface area (Å²) in [6.07, 6.45) is 3.32. The minimum atomic E-state index is -0.671. The Kier molecular flexibility index (Phi) is 6.38. The summed E-state index contributed by atoms with van der Waals surface area (Å²) in [6.45, 7) is 1.38. The van der Waals surface area contributed by atoms with Crippen molar-refractivity contribution in [2.24, 2.45) is 5.73 Å². The van der Waals surface area contributed by atoms with Gasteiger partial charge in [-0.3, -0.25) is 4.79 Å². The number of hydrogen-bond acceptors (Lipinski definition) is 6. The lowest BCUT2D eigenvalue weighted by molar-refractivity contribution is 0.0996. The van der Waals surface area contributed by atoms with Crippen LogP contribution in [0, 0.1) is 0 Å². The van der Waals surface area contributed by atoms with Crippen LogP contribution in [0.25, 0.3) is 0 Å². The van der Waals surface area contributed by atoms with Gasteiger partial charge < -0.3 is 26.2 Å². The number of benzene rings is 1. The molecule has 0 radical (unpaired) electrons. The first-order valence-electron chi connectivity index (χ1n) is 9.25. The summed E-state index contributed by atoms with van der Waals surface area (Å²) in [5.41, 5.74) is 6.22. The fraction of sp³-hybridized carbons (Fsp3) is 0.368. The van der Waals surface area contributed by atoms with E-state index in [9.17, 15) is 9.59 Å². The highest BCUT2D eigenvalue weighted by Gasteiger charge is 2.24. The highest BCUT2D eigenvalue weighted by molar-refractivity contribution is 6.30. The Bertz CT molecular complexity index is 889. The van der Waals surface area contributed by atoms with Gasteiger partial charge >= 0.3 is 6.03 Å². The predicted molar refractivity (Wildman–Crippen MR) is 113 cm³/mol. The van der Waals surface area contributed by atoms with Crippen molar-refractivity contribution >= 4 is 40.9 Å². The van der Waals surface area contributed by atoms with E-state index in [0.29, 0.717) is 23.1 Å². The van der Waals surface area contributed by atoms with E-state index in [1.807, 2.05) is 4.90 Å². The first-order chi connectivity index (χ1) is 13.8. The second kappa shape index (κ2) is 8.95. The third-order valence-corrected chi connectivity index (χ3v) is 4.83. The number of amides is 3. The maximum absolute atomic E-state index is 12.0. The highest BCUT2D eigenvalue weighted by Crippen LogP contribution is 2.24. The van der Waals surface area contributed by atoms with Crippen LogP contribution in [-0.4, -0.2) is 60.0 Å². The molecule has 10 heteroatoms. The maximum atomic E-state index is 12.0. The molecule has 1 atom stereocenters. The van der Waals surface area contributed by atoms with Crippen molar-refractivity contribution < 1.29 is 9.59 Å². The summed E-state index contributed by atoms with van der Waals surface area (Å²) in [5.74, 6) is 0.210. The van der Waals surface area contributed by atoms with E-state index in [1.165, 1.54) is 11.1 Å². The summed E-state index contributed by atoms with van der Waals surface area (Å²) < 4.78 is 0. The Hall–Kier alpha value is -3.07. The Morgan fingerprint density at radius 2 is 2.00 bits per heavy atom. The smallest absolute Gasteiger partial charge is 0.317 e. The Morgan fingerprint density at radius 1 is 1.28 bits per heavy atom. The number of nitrogens with one attached hydrogen (secondary N) is 2. The highest BCUT2D eigenvalue weighted by atomic mass is 35.5. The number of anilines is 3. The zero-order valence-electron chi connectivity index (χ0n) is 16.4. The first kappa shape index (κ1) is 20.7. The van der Waals surface area contributed by atoms with Crippen LogP contribution in [-0.2, 0) is 0 Å². The molecule has 29 heavy (non-hydrogen) atoms. The number of primary amides is 1. The normalized spacial score (nSPS) is 16.2. The molecular weight excluding hydrogens is 394 g/mol. The zero-order chi connectivity index (χ0) is 21.0. The average Bonchev–Trinajstić information content (AvgIpc) is 2.69. The Morgan fingerprint density at radius 3 is 2.66 bits per heavy atom. The van der Waals surface area contributed by atoms with E-state index in [-0.39, 0.29) is 23.6 Å². The van der Waals surface area contributed by atoms with Crippen LogP contribution in [0.5, 0.6) is 0 Å². The van der Waals surface area contributed by atoms with Crippen LogP contribution in [0.2, 0.25) is 5.02 Å². The van der Waals surface area contributed by atoms with Gasteiger partial charge in [0.15, 0.2) is 11.5 Å². The van der Waals surface area contributed by atoms with E-state index in [4.69, 9.17) is 17.3 Å². The van der Waals surface area contributed by atoms with Crippen molar-refractivity contribution in [3.05, 3.63) is 41.2 Å². The first-order valence-corrected chi connectivity index (χ1v) is 9.63. The number of rotatable bonds is 5. The van der Waals surface area contributed by atoms with Gasteiger partial charge in [0.1, 0.15) is 5.82 Å². The fourth-order valence-electron chi connectivity index (χ4n) is 3.08. The van der Waals surface area contributed by atoms with Crippen LogP contribution in [0.4, 0.5) is 22.1 Å². The van der Waals surface area contributed by atoms with Crippen molar-refractivity contribution in [1.29, 1.82) is 0 Å². The van der Waals surface area contributed by atoms with E-state index in [0.717, 1.165) is 19.4 Å². The Balaban J connectivity index is 1.81. The number of nitrogens with two attached hydrogens (primary N) is 1. The molecule has 2 aromatic rings. The third-order valence-electron chi connectivity index (χ3n) is 4.58. The van der Waals surface area contributed by atoms with Crippen molar-refractivity contribution in [2.45, 2.75) is 18.9 Å². The molecule has 0 aliphatic carbocycles. The molecule has 9 nitrogen and oxygen atoms in total. The topological polar surface area (TPSA) is 116 Å². The molecule has 0 saturated carbocycles. The number of urea groups is 1. The van der Waals surface area contributed by atoms with Crippen molar-refractivity contribution in [2.75, 3.05) is 37.4 Å². The summed E-state index contributed by atoms with van der Waals surface area (Å²) in [4.78, 5) is 36.1. The molecule has 2 heterocycles. The van der Waals surface area contributed by atoms with Gasteiger partial charge in [-0.25, -0.2) is 14.8 Å². The molecule has 4 N–H and O–H groups in total. The van der Waals surface area contributed by atoms with Gasteiger partial charge in [0, 0.05) is 43.9 Å². The van der Waals surface area contributed by atoms with Crippen molar-refractivity contribution in [3.63, 3.8) is 0 Å². The summed E-state index contributed by atoms with van der Waals surface area (Å²) >= 11 is 5.92. The number of carbonyl (C=O) groups is 2. The minimum Gasteiger partial charge on any atom is -0.364 e. The molecule has 3 amide bonds. The summed E-state index contributed by atoms with van der Waals surface area (Å²) in [6, 6.07) is 6.88. The standard InChI is InChI=1S/C19H24ClN7O2/c1-26(2)19(29)24-14-4-3-9-27(11-14)15-10-22-16(17(21)28)18(25-15)23-13-7-5-12(20)6-8-13/h5-8,10,14H,3-4,9,11H2,1-2H3,(H2,21,28)(H,23,25)(H,24,29)/t14-/m1/s1. The number of piperidine rings is 1. The molecule has 0 bridgehead atoms. The summed E-state index contributed by atoms with van der Waals surface area (Å²) in [5, 5.41) is 6.69. The van der Waals surface area contributed by atoms with Crippen LogP contribution < -0.4 is 21.3 Å². The van der Waals surface area contributed by atoms with Crippen LogP contribution >= 0.6 is 11.6 Å². The SMILES string of the molecule is CN(C)C(=O)N[C@@H]1CCCN(c2cnc(C(N)=O)c(Nc3ccc(Cl)cc3)n2)C1. The number of aromatic nitrogens is 2. The molecule has 0 spiro atoms. The van der Waals surface area contributed by atoms with Gasteiger partial charge in [0.25, 0.3) is 5.91 Å². The van der Waals surface area contributed by atoms with Crippen LogP contribution in [0.15, 0.2) is 30.5 Å². The van der Waals surface area contributed by atoms with E-state index in [2.05, 4.69) is 20.6 Å². The lowest BCUT2D eigenvalue weighted by Crippen LogP contribution is -2.50. The van der Waals surface area contributed by atoms with E-state index < -0.39 is 5.91 Å². The van der Waals surface area contributed by atoms with Crippen molar-refractivity contribution in [3.8, 4) is 0 Å². The predicted octanol–water partition coefficient (Wildman–Crippen LogP) is 2.21. The fourth-order valence-corrected chi connectivity index (χ4v) is 3.20. The molecule has 1 fully saturated rings. The molecule has 0 unspecified atom stereocenters. The molecule has 1 aliphatic rings. The van der Waals surface area contributed by atoms with Gasteiger partial charge in [-0.05, 0) is 37.1 Å². The second-order valence-corrected chi connectivity index (χ2v) is 7.49. The maximum Gasteiger partial charge on any atom is 0.317 e. The zero-order valence-corrected chi connectivity index (χ0v) is 17.1. The number of nitrogens with zero attached hydrogens (tertiary/aromatic N) is 4. The second-order valence-electron chi connectivity index (χ2n) is 7.05. The van der Waals surface area contributed by atoms with E-state index in [1.54, 1.807) is 38.4 Å². The number of hydrogen-bond donors (Lipinski definition) is 3. The molecule has 1 aliphatic heterocycles. The third kappa shape index (κ3) is 5.26. The quantitative estimate of drug-likeness (QED) is 0.686. The Labute approximate surface area is 174 Å². The minimum absolute atomic E-state index is 0.00365. The molecule has 1 saturated heterocycles.